The lowest BCUT2D eigenvalue weighted by Gasteiger charge is -2.20. The number of anilines is 1. The molecule has 3 rings (SSSR count). The minimum absolute atomic E-state index is 0.0510. The molecular formula is C18H21N5O4S. The Morgan fingerprint density at radius 1 is 1.32 bits per heavy atom. The van der Waals surface area contributed by atoms with E-state index in [9.17, 15) is 19.5 Å². The van der Waals surface area contributed by atoms with Crippen molar-refractivity contribution in [2.45, 2.75) is 31.8 Å². The molecule has 0 spiro atoms. The normalized spacial score (nSPS) is 20.6. The number of rotatable bonds is 1. The van der Waals surface area contributed by atoms with Gasteiger partial charge in [-0.15, -0.1) is 11.3 Å². The predicted molar refractivity (Wildman–Crippen MR) is 104 cm³/mol. The first-order valence-corrected chi connectivity index (χ1v) is 9.52. The second-order valence-corrected chi connectivity index (χ2v) is 7.70. The van der Waals surface area contributed by atoms with E-state index in [2.05, 4.69) is 20.9 Å². The van der Waals surface area contributed by atoms with Crippen LogP contribution in [0.3, 0.4) is 0 Å². The van der Waals surface area contributed by atoms with Crippen LogP contribution < -0.4 is 21.7 Å². The maximum absolute atomic E-state index is 12.3. The average molecular weight is 403 g/mol. The molecule has 1 aliphatic rings. The lowest BCUT2D eigenvalue weighted by Crippen LogP contribution is -2.53. The highest BCUT2D eigenvalue weighted by atomic mass is 32.1. The fourth-order valence-corrected chi connectivity index (χ4v) is 3.67. The Morgan fingerprint density at radius 2 is 2.11 bits per heavy atom. The number of carbonyl (C=O) groups excluding carboxylic acids is 3. The van der Waals surface area contributed by atoms with Gasteiger partial charge in [-0.25, -0.2) is 4.98 Å². The molecule has 0 radical (unpaired) electrons. The Hall–Kier alpha value is -3.14. The van der Waals surface area contributed by atoms with Crippen LogP contribution in [0.1, 0.15) is 22.9 Å². The summed E-state index contributed by atoms with van der Waals surface area (Å²) < 4.78 is 0. The van der Waals surface area contributed by atoms with Gasteiger partial charge in [-0.1, -0.05) is 12.1 Å². The van der Waals surface area contributed by atoms with E-state index in [1.165, 1.54) is 18.3 Å². The fourth-order valence-electron chi connectivity index (χ4n) is 2.84. The van der Waals surface area contributed by atoms with Gasteiger partial charge in [0.05, 0.1) is 6.54 Å². The number of primary amides is 1. The summed E-state index contributed by atoms with van der Waals surface area (Å²) in [6, 6.07) is 3.23. The summed E-state index contributed by atoms with van der Waals surface area (Å²) in [6.45, 7) is 1.47. The number of hydrogen-bond acceptors (Lipinski definition) is 7. The molecule has 28 heavy (non-hydrogen) atoms. The molecule has 6 N–H and O–H groups in total. The van der Waals surface area contributed by atoms with Crippen molar-refractivity contribution in [2.24, 2.45) is 5.73 Å². The van der Waals surface area contributed by atoms with Crippen LogP contribution in [0.2, 0.25) is 0 Å². The topological polar surface area (TPSA) is 146 Å². The van der Waals surface area contributed by atoms with Crippen molar-refractivity contribution in [3.63, 3.8) is 0 Å². The van der Waals surface area contributed by atoms with Gasteiger partial charge in [0.2, 0.25) is 17.7 Å². The Bertz CT molecular complexity index is 913. The van der Waals surface area contributed by atoms with E-state index in [0.29, 0.717) is 17.1 Å². The zero-order chi connectivity index (χ0) is 20.3. The number of thiazole rings is 1. The average Bonchev–Trinajstić information content (AvgIpc) is 3.08. The summed E-state index contributed by atoms with van der Waals surface area (Å²) in [7, 11) is 0. The summed E-state index contributed by atoms with van der Waals surface area (Å²) in [5.74, 6) is -1.46. The van der Waals surface area contributed by atoms with Gasteiger partial charge in [-0.05, 0) is 24.1 Å². The highest BCUT2D eigenvalue weighted by Gasteiger charge is 2.23. The highest BCUT2D eigenvalue weighted by molar-refractivity contribution is 7.15. The lowest BCUT2D eigenvalue weighted by atomic mass is 10.0. The third-order valence-corrected chi connectivity index (χ3v) is 5.29. The van der Waals surface area contributed by atoms with E-state index in [1.54, 1.807) is 24.4 Å². The second kappa shape index (κ2) is 8.26. The summed E-state index contributed by atoms with van der Waals surface area (Å²) in [4.78, 5) is 41.3. The van der Waals surface area contributed by atoms with Crippen LogP contribution in [-0.2, 0) is 27.2 Å². The van der Waals surface area contributed by atoms with Gasteiger partial charge >= 0.3 is 0 Å². The molecule has 0 saturated carbocycles. The number of phenolic OH excluding ortho intramolecular Hbond substituents is 1. The van der Waals surface area contributed by atoms with Crippen molar-refractivity contribution in [2.75, 3.05) is 11.9 Å². The van der Waals surface area contributed by atoms with Crippen LogP contribution >= 0.6 is 11.3 Å². The van der Waals surface area contributed by atoms with Crippen molar-refractivity contribution in [1.82, 2.24) is 15.6 Å². The summed E-state index contributed by atoms with van der Waals surface area (Å²) in [6.07, 6.45) is 2.29. The third-order valence-electron chi connectivity index (χ3n) is 4.33. The summed E-state index contributed by atoms with van der Waals surface area (Å²) >= 11 is 1.37. The number of fused-ring (bicyclic) bond motifs is 4. The minimum Gasteiger partial charge on any atom is -0.508 e. The van der Waals surface area contributed by atoms with Crippen LogP contribution in [0.4, 0.5) is 5.13 Å². The van der Waals surface area contributed by atoms with Crippen LogP contribution in [0, 0.1) is 0 Å². The summed E-state index contributed by atoms with van der Waals surface area (Å²) in [5.41, 5.74) is 6.85. The largest absolute Gasteiger partial charge is 0.508 e. The molecule has 0 fully saturated rings. The number of aromatic hydroxyl groups is 1. The van der Waals surface area contributed by atoms with Gasteiger partial charge < -0.3 is 26.8 Å². The molecule has 1 aromatic carbocycles. The van der Waals surface area contributed by atoms with E-state index < -0.39 is 23.9 Å². The molecule has 1 aromatic heterocycles. The molecule has 1 aliphatic heterocycles. The highest BCUT2D eigenvalue weighted by Crippen LogP contribution is 2.26. The van der Waals surface area contributed by atoms with E-state index in [0.717, 1.165) is 10.4 Å². The first kappa shape index (κ1) is 19.6. The van der Waals surface area contributed by atoms with Crippen LogP contribution in [0.15, 0.2) is 24.4 Å². The van der Waals surface area contributed by atoms with Gasteiger partial charge in [0, 0.05) is 23.9 Å². The van der Waals surface area contributed by atoms with Gasteiger partial charge in [-0.2, -0.15) is 0 Å². The number of amides is 3. The number of benzene rings is 1. The SMILES string of the molecule is C[C@@H]1NC(=O)CNc2ncc(s2)Cc2cc(ccc2O)C[C@@H](C(N)=O)NC1=O. The van der Waals surface area contributed by atoms with Crippen LogP contribution in [-0.4, -0.2) is 46.4 Å². The maximum Gasteiger partial charge on any atom is 0.242 e. The first-order valence-electron chi connectivity index (χ1n) is 8.70. The molecular weight excluding hydrogens is 382 g/mol. The van der Waals surface area contributed by atoms with Crippen molar-refractivity contribution in [3.05, 3.63) is 40.4 Å². The number of aromatic nitrogens is 1. The number of carbonyl (C=O) groups is 3. The van der Waals surface area contributed by atoms with E-state index in [-0.39, 0.29) is 24.6 Å². The van der Waals surface area contributed by atoms with E-state index in [4.69, 9.17) is 5.73 Å². The first-order chi connectivity index (χ1) is 13.3. The maximum atomic E-state index is 12.3. The molecule has 148 valence electrons. The molecule has 2 heterocycles. The predicted octanol–water partition coefficient (Wildman–Crippen LogP) is -0.118. The van der Waals surface area contributed by atoms with Crippen molar-refractivity contribution in [1.29, 1.82) is 0 Å². The van der Waals surface area contributed by atoms with Crippen molar-refractivity contribution < 1.29 is 19.5 Å². The molecule has 4 bridgehead atoms. The van der Waals surface area contributed by atoms with Crippen molar-refractivity contribution in [3.8, 4) is 5.75 Å². The Labute approximate surface area is 165 Å². The zero-order valence-corrected chi connectivity index (χ0v) is 16.0. The molecule has 2 atom stereocenters. The quantitative estimate of drug-likeness (QED) is 0.449. The third kappa shape index (κ3) is 4.77. The number of nitrogens with two attached hydrogens (primary N) is 1. The van der Waals surface area contributed by atoms with Gasteiger partial charge in [-0.3, -0.25) is 14.4 Å². The van der Waals surface area contributed by atoms with Crippen molar-refractivity contribution >= 4 is 34.2 Å². The molecule has 2 aromatic rings. The Kier molecular flexibility index (Phi) is 5.78. The van der Waals surface area contributed by atoms with Crippen LogP contribution in [0.25, 0.3) is 0 Å². The molecule has 0 aliphatic carbocycles. The minimum atomic E-state index is -0.940. The monoisotopic (exact) mass is 403 g/mol. The summed E-state index contributed by atoms with van der Waals surface area (Å²) in [5, 5.41) is 18.8. The number of phenols is 1. The van der Waals surface area contributed by atoms with Gasteiger partial charge in [0.25, 0.3) is 0 Å². The molecule has 10 heteroatoms. The van der Waals surface area contributed by atoms with E-state index in [1.807, 2.05) is 0 Å². The van der Waals surface area contributed by atoms with Crippen LogP contribution in [0.5, 0.6) is 5.75 Å². The molecule has 9 nitrogen and oxygen atoms in total. The Balaban J connectivity index is 1.94. The second-order valence-electron chi connectivity index (χ2n) is 6.58. The molecule has 0 unspecified atom stereocenters. The van der Waals surface area contributed by atoms with E-state index >= 15 is 0 Å². The number of nitrogens with zero attached hydrogens (tertiary/aromatic N) is 1. The Morgan fingerprint density at radius 3 is 2.86 bits per heavy atom. The number of nitrogens with one attached hydrogen (secondary N) is 3. The zero-order valence-electron chi connectivity index (χ0n) is 15.2. The van der Waals surface area contributed by atoms with Gasteiger partial charge in [0.15, 0.2) is 5.13 Å². The molecule has 3 amide bonds. The standard InChI is InChI=1S/C18H21N5O4S/c1-9-17(27)23-13(16(19)26)5-10-2-3-14(24)11(4-10)6-12-7-20-18(28-12)21-8-15(25)22-9/h2-4,7,9,13,24H,5-6,8H2,1H3,(H2,19,26)(H,20,21)(H,22,25)(H,23,27)/t9-,13-/m0/s1. The number of hydrogen-bond donors (Lipinski definition) is 5. The van der Waals surface area contributed by atoms with Gasteiger partial charge in [0.1, 0.15) is 17.8 Å². The molecule has 0 saturated heterocycles. The lowest BCUT2D eigenvalue weighted by molar-refractivity contribution is -0.130. The smallest absolute Gasteiger partial charge is 0.242 e. The fraction of sp³-hybridized carbons (Fsp3) is 0.333.